The quantitative estimate of drug-likeness (QED) is 0.670. The van der Waals surface area contributed by atoms with Gasteiger partial charge in [-0.3, -0.25) is 4.79 Å². The molecule has 0 spiro atoms. The Morgan fingerprint density at radius 1 is 1.05 bits per heavy atom. The predicted octanol–water partition coefficient (Wildman–Crippen LogP) is 3.62. The molecule has 2 rings (SSSR count). The number of Topliss-reactive ketones (excluding diaryl/α,β-unsaturated/α-hetero) is 1. The van der Waals surface area contributed by atoms with Crippen LogP contribution in [0.4, 0.5) is 5.69 Å². The van der Waals surface area contributed by atoms with Crippen LogP contribution in [-0.2, 0) is 6.42 Å². The first-order chi connectivity index (χ1) is 8.99. The fraction of sp³-hybridized carbons (Fsp3) is 0.235. The van der Waals surface area contributed by atoms with Gasteiger partial charge in [-0.2, -0.15) is 0 Å². The number of nitrogens with two attached hydrogens (primary N) is 1. The molecule has 0 fully saturated rings. The Balaban J connectivity index is 2.34. The molecule has 2 aromatic carbocycles. The summed E-state index contributed by atoms with van der Waals surface area (Å²) in [7, 11) is 0. The van der Waals surface area contributed by atoms with E-state index in [1.54, 1.807) is 6.07 Å². The lowest BCUT2D eigenvalue weighted by atomic mass is 9.94. The molecule has 0 bridgehead atoms. The van der Waals surface area contributed by atoms with Gasteiger partial charge in [0.25, 0.3) is 0 Å². The zero-order chi connectivity index (χ0) is 14.0. The molecule has 0 aliphatic heterocycles. The van der Waals surface area contributed by atoms with E-state index in [4.69, 9.17) is 5.73 Å². The van der Waals surface area contributed by atoms with Crippen LogP contribution in [0.3, 0.4) is 0 Å². The molecule has 0 saturated heterocycles. The number of ketones is 1. The normalized spacial score (nSPS) is 10.5. The summed E-state index contributed by atoms with van der Waals surface area (Å²) in [6.45, 7) is 6.04. The largest absolute Gasteiger partial charge is 0.398 e. The molecule has 2 N–H and O–H groups in total. The van der Waals surface area contributed by atoms with Crippen molar-refractivity contribution in [3.05, 3.63) is 64.2 Å². The molecule has 19 heavy (non-hydrogen) atoms. The first-order valence-corrected chi connectivity index (χ1v) is 6.43. The van der Waals surface area contributed by atoms with Crippen molar-refractivity contribution in [2.75, 3.05) is 5.73 Å². The highest BCUT2D eigenvalue weighted by molar-refractivity contribution is 6.02. The van der Waals surface area contributed by atoms with Gasteiger partial charge in [-0.05, 0) is 49.6 Å². The molecule has 0 unspecified atom stereocenters. The van der Waals surface area contributed by atoms with Crippen LogP contribution in [0.25, 0.3) is 0 Å². The van der Waals surface area contributed by atoms with E-state index in [2.05, 4.69) is 0 Å². The summed E-state index contributed by atoms with van der Waals surface area (Å²) >= 11 is 0. The molecular formula is C17H19NO. The van der Waals surface area contributed by atoms with Crippen LogP contribution in [0.1, 0.15) is 32.6 Å². The Bertz CT molecular complexity index is 609. The first kappa shape index (κ1) is 13.3. The van der Waals surface area contributed by atoms with E-state index < -0.39 is 0 Å². The van der Waals surface area contributed by atoms with E-state index in [0.29, 0.717) is 17.7 Å². The van der Waals surface area contributed by atoms with Gasteiger partial charge in [0.05, 0.1) is 0 Å². The summed E-state index contributed by atoms with van der Waals surface area (Å²) in [6.07, 6.45) is 0.409. The molecule has 0 aromatic heterocycles. The van der Waals surface area contributed by atoms with Crippen LogP contribution in [0.2, 0.25) is 0 Å². The third-order valence-corrected chi connectivity index (χ3v) is 3.49. The maximum atomic E-state index is 12.4. The van der Waals surface area contributed by atoms with Gasteiger partial charge in [-0.15, -0.1) is 0 Å². The van der Waals surface area contributed by atoms with Crippen LogP contribution >= 0.6 is 0 Å². The lowest BCUT2D eigenvalue weighted by Gasteiger charge is -2.10. The Kier molecular flexibility index (Phi) is 3.70. The van der Waals surface area contributed by atoms with Gasteiger partial charge in [0.2, 0.25) is 0 Å². The van der Waals surface area contributed by atoms with Gasteiger partial charge in [-0.25, -0.2) is 0 Å². The molecule has 98 valence electrons. The minimum absolute atomic E-state index is 0.0820. The van der Waals surface area contributed by atoms with Gasteiger partial charge >= 0.3 is 0 Å². The van der Waals surface area contributed by atoms with Crippen LogP contribution in [-0.4, -0.2) is 5.78 Å². The van der Waals surface area contributed by atoms with Crippen LogP contribution in [0.15, 0.2) is 36.4 Å². The molecule has 2 heteroatoms. The van der Waals surface area contributed by atoms with Crippen LogP contribution < -0.4 is 5.73 Å². The predicted molar refractivity (Wildman–Crippen MR) is 79.5 cm³/mol. The number of hydrogen-bond acceptors (Lipinski definition) is 2. The van der Waals surface area contributed by atoms with E-state index in [1.807, 2.05) is 51.1 Å². The SMILES string of the molecule is Cc1ccc(N)c(C(=O)Cc2c(C)cccc2C)c1. The molecule has 2 aromatic rings. The van der Waals surface area contributed by atoms with Gasteiger partial charge in [0, 0.05) is 17.7 Å². The second-order valence-electron chi connectivity index (χ2n) is 5.06. The molecule has 0 heterocycles. The zero-order valence-corrected chi connectivity index (χ0v) is 11.7. The highest BCUT2D eigenvalue weighted by Crippen LogP contribution is 2.20. The number of carbonyl (C=O) groups excluding carboxylic acids is 1. The van der Waals surface area contributed by atoms with Crippen molar-refractivity contribution in [1.82, 2.24) is 0 Å². The van der Waals surface area contributed by atoms with Gasteiger partial charge in [0.15, 0.2) is 5.78 Å². The van der Waals surface area contributed by atoms with Gasteiger partial charge in [-0.1, -0.05) is 29.8 Å². The Morgan fingerprint density at radius 2 is 1.68 bits per heavy atom. The summed E-state index contributed by atoms with van der Waals surface area (Å²) in [5, 5.41) is 0. The van der Waals surface area contributed by atoms with E-state index in [-0.39, 0.29) is 5.78 Å². The van der Waals surface area contributed by atoms with Crippen molar-refractivity contribution >= 4 is 11.5 Å². The van der Waals surface area contributed by atoms with Crippen molar-refractivity contribution in [1.29, 1.82) is 0 Å². The fourth-order valence-corrected chi connectivity index (χ4v) is 2.30. The average molecular weight is 253 g/mol. The number of carbonyl (C=O) groups is 1. The first-order valence-electron chi connectivity index (χ1n) is 6.43. The average Bonchev–Trinajstić information content (AvgIpc) is 2.37. The molecular weight excluding hydrogens is 234 g/mol. The lowest BCUT2D eigenvalue weighted by Crippen LogP contribution is -2.09. The van der Waals surface area contributed by atoms with Gasteiger partial charge < -0.3 is 5.73 Å². The monoisotopic (exact) mass is 253 g/mol. The Morgan fingerprint density at radius 3 is 2.32 bits per heavy atom. The third kappa shape index (κ3) is 2.84. The summed E-state index contributed by atoms with van der Waals surface area (Å²) in [4.78, 5) is 12.4. The van der Waals surface area contributed by atoms with E-state index in [1.165, 1.54) is 0 Å². The van der Waals surface area contributed by atoms with Crippen molar-refractivity contribution in [2.24, 2.45) is 0 Å². The lowest BCUT2D eigenvalue weighted by molar-refractivity contribution is 0.0993. The summed E-state index contributed by atoms with van der Waals surface area (Å²) in [6, 6.07) is 11.7. The second-order valence-corrected chi connectivity index (χ2v) is 5.06. The van der Waals surface area contributed by atoms with Crippen molar-refractivity contribution < 1.29 is 4.79 Å². The maximum absolute atomic E-state index is 12.4. The second kappa shape index (κ2) is 5.27. The molecule has 0 atom stereocenters. The molecule has 0 saturated carbocycles. The molecule has 0 amide bonds. The standard InChI is InChI=1S/C17H19NO/c1-11-7-8-16(18)15(9-11)17(19)10-14-12(2)5-4-6-13(14)3/h4-9H,10,18H2,1-3H3. The molecule has 0 radical (unpaired) electrons. The number of rotatable bonds is 3. The van der Waals surface area contributed by atoms with Crippen molar-refractivity contribution in [2.45, 2.75) is 27.2 Å². The summed E-state index contributed by atoms with van der Waals surface area (Å²) in [5.41, 5.74) is 11.5. The maximum Gasteiger partial charge on any atom is 0.169 e. The third-order valence-electron chi connectivity index (χ3n) is 3.49. The number of aryl methyl sites for hydroxylation is 3. The highest BCUT2D eigenvalue weighted by Gasteiger charge is 2.13. The number of nitrogen functional groups attached to an aromatic ring is 1. The Labute approximate surface area is 114 Å². The Hall–Kier alpha value is -2.09. The number of hydrogen-bond donors (Lipinski definition) is 1. The molecule has 2 nitrogen and oxygen atoms in total. The van der Waals surface area contributed by atoms with Gasteiger partial charge in [0.1, 0.15) is 0 Å². The van der Waals surface area contributed by atoms with Crippen LogP contribution in [0, 0.1) is 20.8 Å². The topological polar surface area (TPSA) is 43.1 Å². The van der Waals surface area contributed by atoms with E-state index in [9.17, 15) is 4.79 Å². The summed E-state index contributed by atoms with van der Waals surface area (Å²) < 4.78 is 0. The van der Waals surface area contributed by atoms with Crippen molar-refractivity contribution in [3.63, 3.8) is 0 Å². The fourth-order valence-electron chi connectivity index (χ4n) is 2.30. The number of anilines is 1. The summed E-state index contributed by atoms with van der Waals surface area (Å²) in [5.74, 6) is 0.0820. The number of benzene rings is 2. The highest BCUT2D eigenvalue weighted by atomic mass is 16.1. The molecule has 0 aliphatic carbocycles. The van der Waals surface area contributed by atoms with E-state index in [0.717, 1.165) is 22.3 Å². The molecule has 0 aliphatic rings. The van der Waals surface area contributed by atoms with Crippen molar-refractivity contribution in [3.8, 4) is 0 Å². The zero-order valence-electron chi connectivity index (χ0n) is 11.7. The smallest absolute Gasteiger partial charge is 0.169 e. The van der Waals surface area contributed by atoms with E-state index >= 15 is 0 Å². The minimum Gasteiger partial charge on any atom is -0.398 e. The van der Waals surface area contributed by atoms with Crippen LogP contribution in [0.5, 0.6) is 0 Å². The minimum atomic E-state index is 0.0820.